The highest BCUT2D eigenvalue weighted by atomic mass is 35.5. The molecule has 1 aliphatic carbocycles. The Bertz CT molecular complexity index is 1370. The molecule has 3 unspecified atom stereocenters. The molecule has 0 aliphatic heterocycles. The molecule has 0 spiro atoms. The van der Waals surface area contributed by atoms with Gasteiger partial charge in [0.05, 0.1) is 16.6 Å². The van der Waals surface area contributed by atoms with E-state index in [9.17, 15) is 9.90 Å². The molecule has 172 valence electrons. The Morgan fingerprint density at radius 3 is 2.88 bits per heavy atom. The lowest BCUT2D eigenvalue weighted by Crippen LogP contribution is -2.39. The second-order valence-corrected chi connectivity index (χ2v) is 9.42. The summed E-state index contributed by atoms with van der Waals surface area (Å²) in [5.74, 6) is 0.496. The summed E-state index contributed by atoms with van der Waals surface area (Å²) >= 11 is 12.4. The molecule has 1 aromatic carbocycles. The lowest BCUT2D eigenvalue weighted by atomic mass is 9.90. The molecule has 1 saturated carbocycles. The van der Waals surface area contributed by atoms with E-state index in [1.807, 2.05) is 16.7 Å². The van der Waals surface area contributed by atoms with E-state index >= 15 is 0 Å². The number of aryl methyl sites for hydroxylation is 1. The Balaban J connectivity index is 1.43. The molecular weight excluding hydrogens is 463 g/mol. The summed E-state index contributed by atoms with van der Waals surface area (Å²) in [6.45, 7) is 2.15. The quantitative estimate of drug-likeness (QED) is 0.387. The topological polar surface area (TPSA) is 93.2 Å². The first-order valence-electron chi connectivity index (χ1n) is 11.1. The van der Waals surface area contributed by atoms with Gasteiger partial charge in [-0.1, -0.05) is 40.5 Å². The van der Waals surface area contributed by atoms with Crippen molar-refractivity contribution in [2.75, 3.05) is 6.54 Å². The van der Waals surface area contributed by atoms with Crippen molar-refractivity contribution in [3.8, 4) is 0 Å². The van der Waals surface area contributed by atoms with Gasteiger partial charge in [-0.2, -0.15) is 0 Å². The molecule has 33 heavy (non-hydrogen) atoms. The van der Waals surface area contributed by atoms with Gasteiger partial charge in [0.15, 0.2) is 0 Å². The van der Waals surface area contributed by atoms with Crippen LogP contribution in [0.1, 0.15) is 49.2 Å². The normalized spacial score (nSPS) is 19.9. The third-order valence-electron chi connectivity index (χ3n) is 6.53. The van der Waals surface area contributed by atoms with E-state index in [0.717, 1.165) is 36.6 Å². The number of nitrogens with zero attached hydrogens (tertiary/aromatic N) is 3. The summed E-state index contributed by atoms with van der Waals surface area (Å²) in [5, 5.41) is 20.3. The van der Waals surface area contributed by atoms with Crippen molar-refractivity contribution in [3.63, 3.8) is 0 Å². The number of rotatable bonds is 5. The maximum atomic E-state index is 13.6. The zero-order chi connectivity index (χ0) is 23.1. The number of halogens is 2. The third kappa shape index (κ3) is 4.15. The van der Waals surface area contributed by atoms with Gasteiger partial charge < -0.3 is 19.5 Å². The fourth-order valence-electron chi connectivity index (χ4n) is 4.90. The van der Waals surface area contributed by atoms with Crippen molar-refractivity contribution in [1.29, 1.82) is 0 Å². The predicted molar refractivity (Wildman–Crippen MR) is 129 cm³/mol. The largest absolute Gasteiger partial charge is 0.387 e. The zero-order valence-corrected chi connectivity index (χ0v) is 19.6. The number of aliphatic hydroxyl groups excluding tert-OH is 1. The van der Waals surface area contributed by atoms with Gasteiger partial charge in [-0.3, -0.25) is 4.79 Å². The van der Waals surface area contributed by atoms with Crippen LogP contribution in [0.25, 0.3) is 21.8 Å². The van der Waals surface area contributed by atoms with Crippen molar-refractivity contribution in [3.05, 3.63) is 68.4 Å². The van der Waals surface area contributed by atoms with Crippen LogP contribution in [0.2, 0.25) is 10.2 Å². The van der Waals surface area contributed by atoms with Crippen molar-refractivity contribution >= 4 is 45.0 Å². The molecule has 0 bridgehead atoms. The van der Waals surface area contributed by atoms with E-state index in [2.05, 4.69) is 15.5 Å². The molecule has 3 heterocycles. The monoisotopic (exact) mass is 486 g/mol. The van der Waals surface area contributed by atoms with E-state index in [1.165, 1.54) is 0 Å². The SMILES string of the molecule is Cc1onc2c1c(=O)n(C1CCCC(NCC(O)c3ccc(Cl)nc3)C1)c1cccc(Cl)c21. The number of nitrogens with one attached hydrogen (secondary N) is 1. The van der Waals surface area contributed by atoms with Gasteiger partial charge in [-0.15, -0.1) is 0 Å². The van der Waals surface area contributed by atoms with Gasteiger partial charge in [-0.25, -0.2) is 4.98 Å². The number of benzene rings is 1. The summed E-state index contributed by atoms with van der Waals surface area (Å²) in [7, 11) is 0. The summed E-state index contributed by atoms with van der Waals surface area (Å²) in [4.78, 5) is 17.6. The Morgan fingerprint density at radius 1 is 1.24 bits per heavy atom. The van der Waals surface area contributed by atoms with Gasteiger partial charge >= 0.3 is 0 Å². The van der Waals surface area contributed by atoms with Gasteiger partial charge in [0.25, 0.3) is 5.56 Å². The maximum Gasteiger partial charge on any atom is 0.264 e. The highest BCUT2D eigenvalue weighted by Gasteiger charge is 2.28. The Morgan fingerprint density at radius 2 is 2.09 bits per heavy atom. The molecule has 3 atom stereocenters. The van der Waals surface area contributed by atoms with E-state index in [1.54, 1.807) is 31.3 Å². The zero-order valence-electron chi connectivity index (χ0n) is 18.1. The minimum Gasteiger partial charge on any atom is -0.387 e. The number of fused-ring (bicyclic) bond motifs is 3. The van der Waals surface area contributed by atoms with Crippen molar-refractivity contribution in [2.45, 2.75) is 50.8 Å². The summed E-state index contributed by atoms with van der Waals surface area (Å²) in [6.07, 6.45) is 4.50. The smallest absolute Gasteiger partial charge is 0.264 e. The van der Waals surface area contributed by atoms with Crippen LogP contribution < -0.4 is 10.9 Å². The molecule has 0 radical (unpaired) electrons. The van der Waals surface area contributed by atoms with Crippen LogP contribution in [0.3, 0.4) is 0 Å². The second-order valence-electron chi connectivity index (χ2n) is 8.63. The molecule has 2 N–H and O–H groups in total. The number of aliphatic hydroxyl groups is 1. The molecule has 1 fully saturated rings. The molecule has 0 amide bonds. The predicted octanol–water partition coefficient (Wildman–Crippen LogP) is 4.96. The summed E-state index contributed by atoms with van der Waals surface area (Å²) in [6, 6.07) is 9.19. The van der Waals surface area contributed by atoms with Crippen LogP contribution in [0.5, 0.6) is 0 Å². The lowest BCUT2D eigenvalue weighted by molar-refractivity contribution is 0.161. The molecular formula is C24H24Cl2N4O3. The minimum atomic E-state index is -0.687. The second kappa shape index (κ2) is 9.06. The standard InChI is InChI=1S/C24H24Cl2N4O3/c1-13-21-23(29-33-13)22-17(25)6-3-7-18(22)30(24(21)32)16-5-2-4-15(10-16)27-12-19(31)14-8-9-20(26)28-11-14/h3,6-9,11,15-16,19,27,31H,2,4-5,10,12H2,1H3. The molecule has 1 aliphatic rings. The van der Waals surface area contributed by atoms with Crippen LogP contribution in [-0.2, 0) is 0 Å². The molecule has 4 aromatic rings. The first kappa shape index (κ1) is 22.3. The molecule has 0 saturated heterocycles. The number of hydrogen-bond acceptors (Lipinski definition) is 6. The van der Waals surface area contributed by atoms with E-state index < -0.39 is 6.10 Å². The van der Waals surface area contributed by atoms with Crippen LogP contribution >= 0.6 is 23.2 Å². The van der Waals surface area contributed by atoms with Crippen LogP contribution in [0.4, 0.5) is 0 Å². The average Bonchev–Trinajstić information content (AvgIpc) is 3.20. The first-order chi connectivity index (χ1) is 15.9. The lowest BCUT2D eigenvalue weighted by Gasteiger charge is -2.32. The minimum absolute atomic E-state index is 0.00208. The van der Waals surface area contributed by atoms with Crippen molar-refractivity contribution in [1.82, 2.24) is 20.0 Å². The number of hydrogen-bond donors (Lipinski definition) is 2. The number of pyridine rings is 2. The molecule has 3 aromatic heterocycles. The highest BCUT2D eigenvalue weighted by Crippen LogP contribution is 2.35. The van der Waals surface area contributed by atoms with Gasteiger partial charge in [-0.05, 0) is 50.8 Å². The molecule has 9 heteroatoms. The highest BCUT2D eigenvalue weighted by molar-refractivity contribution is 6.37. The summed E-state index contributed by atoms with van der Waals surface area (Å²) < 4.78 is 7.22. The maximum absolute atomic E-state index is 13.6. The fraction of sp³-hybridized carbons (Fsp3) is 0.375. The third-order valence-corrected chi connectivity index (χ3v) is 7.07. The van der Waals surface area contributed by atoms with Gasteiger partial charge in [0.2, 0.25) is 0 Å². The van der Waals surface area contributed by atoms with Gasteiger partial charge in [0.1, 0.15) is 21.8 Å². The van der Waals surface area contributed by atoms with Crippen molar-refractivity contribution in [2.24, 2.45) is 0 Å². The first-order valence-corrected chi connectivity index (χ1v) is 11.8. The fourth-order valence-corrected chi connectivity index (χ4v) is 5.27. The Labute approximate surface area is 200 Å². The Hall–Kier alpha value is -2.45. The van der Waals surface area contributed by atoms with Crippen LogP contribution in [0, 0.1) is 6.92 Å². The van der Waals surface area contributed by atoms with E-state index in [0.29, 0.717) is 38.9 Å². The Kier molecular flexibility index (Phi) is 6.14. The number of aromatic nitrogens is 3. The molecule has 7 nitrogen and oxygen atoms in total. The van der Waals surface area contributed by atoms with Crippen molar-refractivity contribution < 1.29 is 9.63 Å². The average molecular weight is 487 g/mol. The van der Waals surface area contributed by atoms with E-state index in [4.69, 9.17) is 27.7 Å². The van der Waals surface area contributed by atoms with Crippen LogP contribution in [0.15, 0.2) is 45.8 Å². The van der Waals surface area contributed by atoms with Gasteiger partial charge in [0, 0.05) is 35.8 Å². The molecule has 5 rings (SSSR count). The summed E-state index contributed by atoms with van der Waals surface area (Å²) in [5.41, 5.74) is 1.90. The van der Waals surface area contributed by atoms with E-state index in [-0.39, 0.29) is 17.6 Å². The van der Waals surface area contributed by atoms with Crippen LogP contribution in [-0.4, -0.2) is 32.4 Å².